The first-order chi connectivity index (χ1) is 17.8. The molecule has 1 aromatic heterocycles. The van der Waals surface area contributed by atoms with E-state index < -0.39 is 29.3 Å². The molecule has 1 fully saturated rings. The molecular weight excluding hydrogens is 482 g/mol. The smallest absolute Gasteiger partial charge is 0.292 e. The van der Waals surface area contributed by atoms with Gasteiger partial charge in [-0.2, -0.15) is 0 Å². The number of hydrogen-bond acceptors (Lipinski definition) is 9. The van der Waals surface area contributed by atoms with Crippen LogP contribution in [0.15, 0.2) is 53.8 Å². The van der Waals surface area contributed by atoms with Crippen molar-refractivity contribution in [2.75, 3.05) is 31.6 Å². The number of para-hydroxylation sites is 1. The van der Waals surface area contributed by atoms with Crippen LogP contribution in [0.1, 0.15) is 5.56 Å². The van der Waals surface area contributed by atoms with Gasteiger partial charge in [0.1, 0.15) is 17.9 Å². The van der Waals surface area contributed by atoms with Gasteiger partial charge in [0.2, 0.25) is 0 Å². The highest BCUT2D eigenvalue weighted by atomic mass is 16.6. The standard InChI is InChI=1S/C24H29N7O6/c25-28-27-16-5-6-18(20(11-16)31(36)37)26-8-10-30-12-15(17-3-1-2-4-19(17)30)7-9-29-13-22(33)24(35)23(34)21(29)14-32/h1-6,11-12,21-24,26,32-35H,7-10,13-14H2/t21-,22+,23-,24-/m1/s1. The first-order valence-electron chi connectivity index (χ1n) is 11.9. The number of hydrogen-bond donors (Lipinski definition) is 5. The Bertz CT molecular complexity index is 1310. The van der Waals surface area contributed by atoms with E-state index in [9.17, 15) is 30.5 Å². The van der Waals surface area contributed by atoms with Crippen molar-refractivity contribution in [2.45, 2.75) is 37.3 Å². The molecule has 13 nitrogen and oxygen atoms in total. The molecule has 0 amide bonds. The number of benzene rings is 2. The molecule has 0 saturated carbocycles. The Labute approximate surface area is 212 Å². The van der Waals surface area contributed by atoms with Crippen LogP contribution >= 0.6 is 0 Å². The summed E-state index contributed by atoms with van der Waals surface area (Å²) in [6.07, 6.45) is -1.06. The van der Waals surface area contributed by atoms with Gasteiger partial charge in [-0.3, -0.25) is 15.0 Å². The molecule has 2 aromatic carbocycles. The molecule has 0 aliphatic carbocycles. The highest BCUT2D eigenvalue weighted by Crippen LogP contribution is 2.30. The summed E-state index contributed by atoms with van der Waals surface area (Å²) in [5, 5.41) is 59.0. The largest absolute Gasteiger partial charge is 0.395 e. The van der Waals surface area contributed by atoms with E-state index in [0.717, 1.165) is 16.5 Å². The predicted octanol–water partition coefficient (Wildman–Crippen LogP) is 1.91. The molecule has 37 heavy (non-hydrogen) atoms. The molecule has 1 saturated heterocycles. The van der Waals surface area contributed by atoms with Crippen molar-refractivity contribution in [1.29, 1.82) is 0 Å². The van der Waals surface area contributed by atoms with Gasteiger partial charge in [0.05, 0.1) is 23.7 Å². The summed E-state index contributed by atoms with van der Waals surface area (Å²) in [5.74, 6) is 0. The number of nitro groups is 1. The van der Waals surface area contributed by atoms with Gasteiger partial charge in [-0.15, -0.1) is 0 Å². The van der Waals surface area contributed by atoms with E-state index in [1.165, 1.54) is 18.2 Å². The van der Waals surface area contributed by atoms with Crippen molar-refractivity contribution in [3.8, 4) is 0 Å². The number of nitrogens with zero attached hydrogens (tertiary/aromatic N) is 6. The molecule has 4 rings (SSSR count). The van der Waals surface area contributed by atoms with Crippen LogP contribution in [0.25, 0.3) is 21.3 Å². The fourth-order valence-electron chi connectivity index (χ4n) is 4.85. The third-order valence-electron chi connectivity index (χ3n) is 6.76. The van der Waals surface area contributed by atoms with Crippen molar-refractivity contribution < 1.29 is 25.3 Å². The van der Waals surface area contributed by atoms with Crippen molar-refractivity contribution in [3.05, 3.63) is 74.8 Å². The monoisotopic (exact) mass is 511 g/mol. The lowest BCUT2D eigenvalue weighted by Crippen LogP contribution is -2.62. The molecule has 0 spiro atoms. The second-order valence-corrected chi connectivity index (χ2v) is 8.98. The molecule has 0 unspecified atom stereocenters. The van der Waals surface area contributed by atoms with Crippen LogP contribution in [0.4, 0.5) is 17.1 Å². The topological polar surface area (TPSA) is 193 Å². The van der Waals surface area contributed by atoms with Gasteiger partial charge in [-0.1, -0.05) is 29.4 Å². The predicted molar refractivity (Wildman–Crippen MR) is 137 cm³/mol. The molecule has 2 heterocycles. The van der Waals surface area contributed by atoms with E-state index in [1.54, 1.807) is 4.90 Å². The number of nitro benzene ring substituents is 1. The van der Waals surface area contributed by atoms with Crippen molar-refractivity contribution in [1.82, 2.24) is 9.47 Å². The SMILES string of the molecule is [N-]=[N+]=Nc1ccc(NCCn2cc(CCN3C[C@H](O)[C@@H](O)[C@H](O)[C@H]3CO)c3ccccc32)c([N+](=O)[O-])c1. The fraction of sp³-hybridized carbons (Fsp3) is 0.417. The van der Waals surface area contributed by atoms with E-state index in [0.29, 0.717) is 31.7 Å². The van der Waals surface area contributed by atoms with E-state index >= 15 is 0 Å². The van der Waals surface area contributed by atoms with Gasteiger partial charge in [0.15, 0.2) is 0 Å². The van der Waals surface area contributed by atoms with Crippen LogP contribution in [-0.4, -0.2) is 85.4 Å². The molecule has 13 heteroatoms. The molecule has 0 radical (unpaired) electrons. The Morgan fingerprint density at radius 2 is 1.95 bits per heavy atom. The summed E-state index contributed by atoms with van der Waals surface area (Å²) < 4.78 is 2.05. The van der Waals surface area contributed by atoms with E-state index in [2.05, 4.69) is 15.3 Å². The minimum Gasteiger partial charge on any atom is -0.395 e. The number of aliphatic hydroxyl groups is 4. The van der Waals surface area contributed by atoms with Crippen molar-refractivity contribution in [2.24, 2.45) is 5.11 Å². The second-order valence-electron chi connectivity index (χ2n) is 8.98. The van der Waals surface area contributed by atoms with Gasteiger partial charge < -0.3 is 30.3 Å². The zero-order valence-electron chi connectivity index (χ0n) is 20.0. The van der Waals surface area contributed by atoms with E-state index in [4.69, 9.17) is 5.53 Å². The number of aliphatic hydroxyl groups excluding tert-OH is 4. The summed E-state index contributed by atoms with van der Waals surface area (Å²) in [7, 11) is 0. The number of anilines is 1. The first-order valence-corrected chi connectivity index (χ1v) is 11.9. The first kappa shape index (κ1) is 26.4. The maximum absolute atomic E-state index is 11.5. The number of β-amino-alcohol motifs (C(OH)–C–C–N with tert-alkyl or cyclic N) is 1. The number of piperidine rings is 1. The van der Waals surface area contributed by atoms with Crippen LogP contribution in [0.3, 0.4) is 0 Å². The Hall–Kier alpha value is -3.71. The molecule has 196 valence electrons. The summed E-state index contributed by atoms with van der Waals surface area (Å²) in [6, 6.07) is 11.4. The highest BCUT2D eigenvalue weighted by Gasteiger charge is 2.40. The Morgan fingerprint density at radius 3 is 2.68 bits per heavy atom. The van der Waals surface area contributed by atoms with Gasteiger partial charge in [-0.05, 0) is 29.6 Å². The number of nitrogens with one attached hydrogen (secondary N) is 1. The van der Waals surface area contributed by atoms with Crippen LogP contribution in [-0.2, 0) is 13.0 Å². The van der Waals surface area contributed by atoms with Crippen LogP contribution in [0.5, 0.6) is 0 Å². The van der Waals surface area contributed by atoms with Crippen molar-refractivity contribution in [3.63, 3.8) is 0 Å². The lowest BCUT2D eigenvalue weighted by molar-refractivity contribution is -0.383. The third-order valence-corrected chi connectivity index (χ3v) is 6.76. The van der Waals surface area contributed by atoms with Crippen LogP contribution in [0.2, 0.25) is 0 Å². The lowest BCUT2D eigenvalue weighted by atomic mass is 9.94. The number of likely N-dealkylation sites (tertiary alicyclic amines) is 1. The van der Waals surface area contributed by atoms with Crippen molar-refractivity contribution >= 4 is 28.0 Å². The highest BCUT2D eigenvalue weighted by molar-refractivity contribution is 5.84. The molecule has 1 aliphatic rings. The molecule has 1 aliphatic heterocycles. The second kappa shape index (κ2) is 11.6. The number of rotatable bonds is 10. The van der Waals surface area contributed by atoms with E-state index in [1.807, 2.05) is 35.0 Å². The molecular formula is C24H29N7O6. The van der Waals surface area contributed by atoms with Gasteiger partial charge in [0, 0.05) is 59.9 Å². The van der Waals surface area contributed by atoms with Gasteiger partial charge >= 0.3 is 0 Å². The zero-order chi connectivity index (χ0) is 26.5. The van der Waals surface area contributed by atoms with Gasteiger partial charge in [0.25, 0.3) is 5.69 Å². The van der Waals surface area contributed by atoms with E-state index in [-0.39, 0.29) is 24.5 Å². The summed E-state index contributed by atoms with van der Waals surface area (Å²) in [4.78, 5) is 15.4. The zero-order valence-corrected chi connectivity index (χ0v) is 20.0. The number of aromatic nitrogens is 1. The average Bonchev–Trinajstić information content (AvgIpc) is 3.24. The van der Waals surface area contributed by atoms with Crippen LogP contribution in [0, 0.1) is 10.1 Å². The normalized spacial score (nSPS) is 22.1. The molecule has 5 N–H and O–H groups in total. The minimum absolute atomic E-state index is 0.142. The minimum atomic E-state index is -1.30. The maximum atomic E-state index is 11.5. The Morgan fingerprint density at radius 1 is 1.16 bits per heavy atom. The quantitative estimate of drug-likeness (QED) is 0.0895. The number of fused-ring (bicyclic) bond motifs is 1. The third kappa shape index (κ3) is 5.67. The Balaban J connectivity index is 1.47. The lowest BCUT2D eigenvalue weighted by Gasteiger charge is -2.43. The molecule has 0 bridgehead atoms. The van der Waals surface area contributed by atoms with Crippen LogP contribution < -0.4 is 5.32 Å². The van der Waals surface area contributed by atoms with Gasteiger partial charge in [-0.25, -0.2) is 0 Å². The number of azide groups is 1. The maximum Gasteiger partial charge on any atom is 0.292 e. The summed E-state index contributed by atoms with van der Waals surface area (Å²) in [6.45, 7) is 1.18. The summed E-state index contributed by atoms with van der Waals surface area (Å²) >= 11 is 0. The Kier molecular flexibility index (Phi) is 8.24. The molecule has 3 aromatic rings. The average molecular weight is 512 g/mol. The molecule has 4 atom stereocenters. The summed E-state index contributed by atoms with van der Waals surface area (Å²) in [5.41, 5.74) is 10.9. The fourth-order valence-corrected chi connectivity index (χ4v) is 4.85.